The minimum Gasteiger partial charge on any atom is -0.492 e. The quantitative estimate of drug-likeness (QED) is 0.736. The topological polar surface area (TPSA) is 53.1 Å². The Morgan fingerprint density at radius 3 is 2.18 bits per heavy atom. The molecule has 2 aromatic rings. The van der Waals surface area contributed by atoms with Crippen molar-refractivity contribution in [2.24, 2.45) is 0 Å². The standard InChI is InChI=1S/C22H27N3O3/c1-23(22(27)19-8-4-2-5-9-19)18-21(26)25-14-12-24(13-15-25)16-17-28-20-10-6-3-7-11-20/h2-11H,12-18H2,1H3. The zero-order valence-electron chi connectivity index (χ0n) is 16.3. The first kappa shape index (κ1) is 19.9. The van der Waals surface area contributed by atoms with Gasteiger partial charge in [-0.05, 0) is 24.3 Å². The van der Waals surface area contributed by atoms with E-state index in [0.717, 1.165) is 25.4 Å². The van der Waals surface area contributed by atoms with E-state index in [9.17, 15) is 9.59 Å². The highest BCUT2D eigenvalue weighted by Gasteiger charge is 2.23. The van der Waals surface area contributed by atoms with Gasteiger partial charge in [-0.15, -0.1) is 0 Å². The lowest BCUT2D eigenvalue weighted by Crippen LogP contribution is -2.52. The van der Waals surface area contributed by atoms with Gasteiger partial charge in [0.1, 0.15) is 12.4 Å². The third kappa shape index (κ3) is 5.57. The first-order valence-corrected chi connectivity index (χ1v) is 9.62. The van der Waals surface area contributed by atoms with E-state index in [1.165, 1.54) is 4.90 Å². The largest absolute Gasteiger partial charge is 0.492 e. The van der Waals surface area contributed by atoms with Crippen molar-refractivity contribution in [1.29, 1.82) is 0 Å². The van der Waals surface area contributed by atoms with Gasteiger partial charge in [0.05, 0.1) is 6.54 Å². The van der Waals surface area contributed by atoms with Crippen LogP contribution in [0.4, 0.5) is 0 Å². The number of ether oxygens (including phenoxy) is 1. The number of hydrogen-bond donors (Lipinski definition) is 0. The average molecular weight is 381 g/mol. The van der Waals surface area contributed by atoms with Crippen LogP contribution in [-0.4, -0.2) is 79.4 Å². The number of piperazine rings is 1. The number of carbonyl (C=O) groups is 2. The molecule has 0 bridgehead atoms. The molecular formula is C22H27N3O3. The summed E-state index contributed by atoms with van der Waals surface area (Å²) in [6, 6.07) is 18.8. The molecule has 1 fully saturated rings. The summed E-state index contributed by atoms with van der Waals surface area (Å²) < 4.78 is 5.74. The van der Waals surface area contributed by atoms with Crippen molar-refractivity contribution in [3.63, 3.8) is 0 Å². The Hall–Kier alpha value is -2.86. The van der Waals surface area contributed by atoms with Crippen molar-refractivity contribution in [2.75, 3.05) is 52.9 Å². The van der Waals surface area contributed by atoms with Crippen LogP contribution < -0.4 is 4.74 Å². The van der Waals surface area contributed by atoms with Gasteiger partial charge in [0.2, 0.25) is 5.91 Å². The first-order valence-electron chi connectivity index (χ1n) is 9.62. The highest BCUT2D eigenvalue weighted by molar-refractivity contribution is 5.96. The predicted molar refractivity (Wildman–Crippen MR) is 108 cm³/mol. The van der Waals surface area contributed by atoms with Crippen LogP contribution in [0.25, 0.3) is 0 Å². The van der Waals surface area contributed by atoms with Gasteiger partial charge in [-0.2, -0.15) is 0 Å². The molecule has 1 aliphatic rings. The molecule has 1 heterocycles. The molecule has 0 spiro atoms. The summed E-state index contributed by atoms with van der Waals surface area (Å²) in [6.45, 7) is 4.57. The molecule has 2 aromatic carbocycles. The molecule has 3 rings (SSSR count). The molecule has 28 heavy (non-hydrogen) atoms. The molecule has 2 amide bonds. The first-order chi connectivity index (χ1) is 13.6. The zero-order valence-corrected chi connectivity index (χ0v) is 16.3. The summed E-state index contributed by atoms with van der Waals surface area (Å²) in [5.74, 6) is 0.736. The summed E-state index contributed by atoms with van der Waals surface area (Å²) in [7, 11) is 1.67. The predicted octanol–water partition coefficient (Wildman–Crippen LogP) is 1.98. The van der Waals surface area contributed by atoms with E-state index in [0.29, 0.717) is 25.3 Å². The van der Waals surface area contributed by atoms with Crippen molar-refractivity contribution in [2.45, 2.75) is 0 Å². The van der Waals surface area contributed by atoms with Gasteiger partial charge < -0.3 is 14.5 Å². The second kappa shape index (κ2) is 9.90. The van der Waals surface area contributed by atoms with Crippen molar-refractivity contribution in [3.05, 3.63) is 66.2 Å². The highest BCUT2D eigenvalue weighted by Crippen LogP contribution is 2.09. The average Bonchev–Trinajstić information content (AvgIpc) is 2.75. The Labute approximate surface area is 166 Å². The number of benzene rings is 2. The van der Waals surface area contributed by atoms with E-state index >= 15 is 0 Å². The molecule has 1 saturated heterocycles. The Bertz CT molecular complexity index is 759. The SMILES string of the molecule is CN(CC(=O)N1CCN(CCOc2ccccc2)CC1)C(=O)c1ccccc1. The monoisotopic (exact) mass is 381 g/mol. The van der Waals surface area contributed by atoms with Gasteiger partial charge in [0.25, 0.3) is 5.91 Å². The number of carbonyl (C=O) groups excluding carboxylic acids is 2. The summed E-state index contributed by atoms with van der Waals surface area (Å²) in [4.78, 5) is 30.5. The summed E-state index contributed by atoms with van der Waals surface area (Å²) in [5.41, 5.74) is 0.598. The van der Waals surface area contributed by atoms with Crippen LogP contribution in [0.15, 0.2) is 60.7 Å². The van der Waals surface area contributed by atoms with Crippen LogP contribution in [0.5, 0.6) is 5.75 Å². The maximum Gasteiger partial charge on any atom is 0.254 e. The third-order valence-electron chi connectivity index (χ3n) is 4.88. The lowest BCUT2D eigenvalue weighted by molar-refractivity contribution is -0.133. The van der Waals surface area contributed by atoms with Gasteiger partial charge in [0.15, 0.2) is 0 Å². The van der Waals surface area contributed by atoms with E-state index in [4.69, 9.17) is 4.74 Å². The van der Waals surface area contributed by atoms with Crippen LogP contribution in [0.2, 0.25) is 0 Å². The second-order valence-corrected chi connectivity index (χ2v) is 6.91. The minimum absolute atomic E-state index is 0.00744. The fourth-order valence-corrected chi connectivity index (χ4v) is 3.21. The second-order valence-electron chi connectivity index (χ2n) is 6.91. The molecule has 6 heteroatoms. The van der Waals surface area contributed by atoms with Crippen molar-refractivity contribution < 1.29 is 14.3 Å². The Morgan fingerprint density at radius 1 is 0.929 bits per heavy atom. The van der Waals surface area contributed by atoms with Crippen LogP contribution in [0.3, 0.4) is 0 Å². The zero-order chi connectivity index (χ0) is 19.8. The molecule has 0 aliphatic carbocycles. The lowest BCUT2D eigenvalue weighted by atomic mass is 10.2. The number of hydrogen-bond acceptors (Lipinski definition) is 4. The molecule has 148 valence electrons. The van der Waals surface area contributed by atoms with Gasteiger partial charge >= 0.3 is 0 Å². The van der Waals surface area contributed by atoms with Gasteiger partial charge in [-0.3, -0.25) is 14.5 Å². The van der Waals surface area contributed by atoms with Gasteiger partial charge in [0, 0.05) is 45.3 Å². The maximum absolute atomic E-state index is 12.5. The van der Waals surface area contributed by atoms with Crippen molar-refractivity contribution in [1.82, 2.24) is 14.7 Å². The Balaban J connectivity index is 1.38. The molecule has 0 radical (unpaired) electrons. The fourth-order valence-electron chi connectivity index (χ4n) is 3.21. The van der Waals surface area contributed by atoms with Crippen LogP contribution in [-0.2, 0) is 4.79 Å². The molecule has 6 nitrogen and oxygen atoms in total. The Morgan fingerprint density at radius 2 is 1.54 bits per heavy atom. The van der Waals surface area contributed by atoms with Gasteiger partial charge in [-0.1, -0.05) is 36.4 Å². The molecule has 0 aromatic heterocycles. The summed E-state index contributed by atoms with van der Waals surface area (Å²) in [6.07, 6.45) is 0. The van der Waals surface area contributed by atoms with Crippen LogP contribution in [0.1, 0.15) is 10.4 Å². The molecule has 1 aliphatic heterocycles. The number of nitrogens with zero attached hydrogens (tertiary/aromatic N) is 3. The number of rotatable bonds is 7. The smallest absolute Gasteiger partial charge is 0.254 e. The normalized spacial score (nSPS) is 14.5. The number of likely N-dealkylation sites (N-methyl/N-ethyl adjacent to an activating group) is 1. The van der Waals surface area contributed by atoms with E-state index in [-0.39, 0.29) is 18.4 Å². The minimum atomic E-state index is -0.134. The molecule has 0 unspecified atom stereocenters. The maximum atomic E-state index is 12.5. The molecule has 0 N–H and O–H groups in total. The summed E-state index contributed by atoms with van der Waals surface area (Å²) in [5, 5.41) is 0. The molecule has 0 atom stereocenters. The number of para-hydroxylation sites is 1. The van der Waals surface area contributed by atoms with Crippen molar-refractivity contribution in [3.8, 4) is 5.75 Å². The van der Waals surface area contributed by atoms with Crippen molar-refractivity contribution >= 4 is 11.8 Å². The third-order valence-corrected chi connectivity index (χ3v) is 4.88. The molecular weight excluding hydrogens is 354 g/mol. The van der Waals surface area contributed by atoms with E-state index in [2.05, 4.69) is 4.90 Å². The highest BCUT2D eigenvalue weighted by atomic mass is 16.5. The summed E-state index contributed by atoms with van der Waals surface area (Å²) >= 11 is 0. The fraction of sp³-hybridized carbons (Fsp3) is 0.364. The lowest BCUT2D eigenvalue weighted by Gasteiger charge is -2.35. The molecule has 0 saturated carbocycles. The Kier molecular flexibility index (Phi) is 7.03. The van der Waals surface area contributed by atoms with Gasteiger partial charge in [-0.25, -0.2) is 0 Å². The number of amides is 2. The van der Waals surface area contributed by atoms with E-state index < -0.39 is 0 Å². The van der Waals surface area contributed by atoms with E-state index in [1.807, 2.05) is 53.4 Å². The van der Waals surface area contributed by atoms with Crippen LogP contribution >= 0.6 is 0 Å². The van der Waals surface area contributed by atoms with E-state index in [1.54, 1.807) is 19.2 Å². The van der Waals surface area contributed by atoms with Crippen LogP contribution in [0, 0.1) is 0 Å².